The zero-order chi connectivity index (χ0) is 7.98. The second kappa shape index (κ2) is 5.52. The maximum atomic E-state index is 2.31. The summed E-state index contributed by atoms with van der Waals surface area (Å²) in [6.07, 6.45) is 6.12. The van der Waals surface area contributed by atoms with Crippen LogP contribution in [0, 0.1) is 5.92 Å². The Balaban J connectivity index is 3.82. The topological polar surface area (TPSA) is 0 Å². The molecule has 0 nitrogen and oxygen atoms in total. The molecule has 0 amide bonds. The molecule has 0 aliphatic rings. The summed E-state index contributed by atoms with van der Waals surface area (Å²) in [5.74, 6) is 0.796. The molecule has 0 spiro atoms. The number of allylic oxidation sites excluding steroid dienone is 2. The molecule has 0 aliphatic carbocycles. The zero-order valence-electron chi connectivity index (χ0n) is 7.78. The molecule has 0 saturated carbocycles. The summed E-state index contributed by atoms with van der Waals surface area (Å²) in [7, 11) is 0. The molecule has 0 aromatic carbocycles. The van der Waals surface area contributed by atoms with Crippen LogP contribution >= 0.6 is 0 Å². The van der Waals surface area contributed by atoms with Crippen molar-refractivity contribution in [3.63, 3.8) is 0 Å². The van der Waals surface area contributed by atoms with E-state index in [0.29, 0.717) is 0 Å². The molecule has 0 heterocycles. The van der Waals surface area contributed by atoms with Crippen molar-refractivity contribution in [2.75, 3.05) is 0 Å². The van der Waals surface area contributed by atoms with Gasteiger partial charge in [-0.05, 0) is 25.7 Å². The van der Waals surface area contributed by atoms with Gasteiger partial charge in [0.2, 0.25) is 0 Å². The Labute approximate surface area is 65.3 Å². The molecule has 60 valence electrons. The molecule has 0 rings (SSSR count). The number of hydrogen-bond acceptors (Lipinski definition) is 0. The van der Waals surface area contributed by atoms with Crippen LogP contribution in [0.2, 0.25) is 0 Å². The lowest BCUT2D eigenvalue weighted by Gasteiger charge is -2.11. The first-order chi connectivity index (χ1) is 4.76. The van der Waals surface area contributed by atoms with Crippen molar-refractivity contribution in [3.05, 3.63) is 11.6 Å². The number of rotatable bonds is 4. The van der Waals surface area contributed by atoms with Gasteiger partial charge >= 0.3 is 0 Å². The van der Waals surface area contributed by atoms with Gasteiger partial charge < -0.3 is 0 Å². The van der Waals surface area contributed by atoms with Gasteiger partial charge in [-0.25, -0.2) is 0 Å². The van der Waals surface area contributed by atoms with Crippen LogP contribution in [0.5, 0.6) is 0 Å². The highest BCUT2D eigenvalue weighted by molar-refractivity contribution is 5.03. The van der Waals surface area contributed by atoms with Gasteiger partial charge in [-0.2, -0.15) is 0 Å². The molecule has 1 unspecified atom stereocenters. The quantitative estimate of drug-likeness (QED) is 0.521. The van der Waals surface area contributed by atoms with Crippen molar-refractivity contribution in [2.45, 2.75) is 47.0 Å². The molecule has 0 radical (unpaired) electrons. The normalized spacial score (nSPS) is 15.4. The Hall–Kier alpha value is -0.260. The van der Waals surface area contributed by atoms with E-state index in [1.165, 1.54) is 19.3 Å². The summed E-state index contributed by atoms with van der Waals surface area (Å²) < 4.78 is 0. The average molecular weight is 140 g/mol. The molecular weight excluding hydrogens is 120 g/mol. The van der Waals surface area contributed by atoms with Gasteiger partial charge in [-0.3, -0.25) is 0 Å². The molecule has 0 aromatic heterocycles. The van der Waals surface area contributed by atoms with E-state index < -0.39 is 0 Å². The van der Waals surface area contributed by atoms with Gasteiger partial charge in [0.1, 0.15) is 0 Å². The summed E-state index contributed by atoms with van der Waals surface area (Å²) in [5.41, 5.74) is 1.63. The van der Waals surface area contributed by atoms with E-state index in [1.54, 1.807) is 5.57 Å². The summed E-state index contributed by atoms with van der Waals surface area (Å²) in [6.45, 7) is 8.96. The van der Waals surface area contributed by atoms with Crippen LogP contribution < -0.4 is 0 Å². The van der Waals surface area contributed by atoms with E-state index in [9.17, 15) is 0 Å². The second-order valence-corrected chi connectivity index (χ2v) is 2.92. The Morgan fingerprint density at radius 3 is 2.30 bits per heavy atom. The van der Waals surface area contributed by atoms with Crippen LogP contribution in [0.25, 0.3) is 0 Å². The molecule has 0 N–H and O–H groups in total. The van der Waals surface area contributed by atoms with Crippen LogP contribution in [0.15, 0.2) is 11.6 Å². The van der Waals surface area contributed by atoms with Gasteiger partial charge in [-0.1, -0.05) is 38.8 Å². The van der Waals surface area contributed by atoms with Crippen molar-refractivity contribution in [3.8, 4) is 0 Å². The summed E-state index contributed by atoms with van der Waals surface area (Å²) in [5, 5.41) is 0. The largest absolute Gasteiger partial charge is 0.0882 e. The fourth-order valence-electron chi connectivity index (χ4n) is 1.23. The van der Waals surface area contributed by atoms with Crippen LogP contribution in [-0.4, -0.2) is 0 Å². The van der Waals surface area contributed by atoms with E-state index >= 15 is 0 Å². The highest BCUT2D eigenvalue weighted by atomic mass is 14.1. The monoisotopic (exact) mass is 140 g/mol. The van der Waals surface area contributed by atoms with Crippen LogP contribution in [0.4, 0.5) is 0 Å². The van der Waals surface area contributed by atoms with Crippen LogP contribution in [0.1, 0.15) is 47.0 Å². The Kier molecular flexibility index (Phi) is 5.38. The molecule has 10 heavy (non-hydrogen) atoms. The minimum atomic E-state index is 0.796. The zero-order valence-corrected chi connectivity index (χ0v) is 7.78. The third kappa shape index (κ3) is 3.05. The van der Waals surface area contributed by atoms with Crippen molar-refractivity contribution >= 4 is 0 Å². The Bertz CT molecular complexity index is 101. The lowest BCUT2D eigenvalue weighted by molar-refractivity contribution is 0.617. The Morgan fingerprint density at radius 2 is 2.00 bits per heavy atom. The van der Waals surface area contributed by atoms with Gasteiger partial charge in [-0.15, -0.1) is 0 Å². The third-order valence-electron chi connectivity index (χ3n) is 2.15. The van der Waals surface area contributed by atoms with Crippen LogP contribution in [-0.2, 0) is 0 Å². The lowest BCUT2D eigenvalue weighted by Crippen LogP contribution is -1.96. The van der Waals surface area contributed by atoms with Crippen molar-refractivity contribution in [1.82, 2.24) is 0 Å². The van der Waals surface area contributed by atoms with Gasteiger partial charge in [0.25, 0.3) is 0 Å². The van der Waals surface area contributed by atoms with E-state index in [4.69, 9.17) is 0 Å². The molecule has 0 fully saturated rings. The van der Waals surface area contributed by atoms with Crippen molar-refractivity contribution in [2.24, 2.45) is 5.92 Å². The van der Waals surface area contributed by atoms with Gasteiger partial charge in [0.15, 0.2) is 0 Å². The second-order valence-electron chi connectivity index (χ2n) is 2.92. The van der Waals surface area contributed by atoms with Crippen molar-refractivity contribution in [1.29, 1.82) is 0 Å². The standard InChI is InChI=1S/C10H20/c1-5-8-10(7-3)9(4)6-2/h7,9H,5-6,8H2,1-4H3/b10-7+. The minimum Gasteiger partial charge on any atom is -0.0882 e. The smallest absolute Gasteiger partial charge is 0.0234 e. The summed E-state index contributed by atoms with van der Waals surface area (Å²) >= 11 is 0. The lowest BCUT2D eigenvalue weighted by atomic mass is 9.95. The fourth-order valence-corrected chi connectivity index (χ4v) is 1.23. The minimum absolute atomic E-state index is 0.796. The molecular formula is C10H20. The molecule has 0 bridgehead atoms. The SMILES string of the molecule is C/C=C(\CCC)C(C)CC. The van der Waals surface area contributed by atoms with Gasteiger partial charge in [0, 0.05) is 0 Å². The molecule has 0 aliphatic heterocycles. The molecule has 0 aromatic rings. The van der Waals surface area contributed by atoms with Crippen molar-refractivity contribution < 1.29 is 0 Å². The third-order valence-corrected chi connectivity index (χ3v) is 2.15. The first-order valence-corrected chi connectivity index (χ1v) is 4.41. The van der Waals surface area contributed by atoms with E-state index in [-0.39, 0.29) is 0 Å². The van der Waals surface area contributed by atoms with E-state index in [0.717, 1.165) is 5.92 Å². The number of hydrogen-bond donors (Lipinski definition) is 0. The summed E-state index contributed by atoms with van der Waals surface area (Å²) in [6, 6.07) is 0. The molecule has 0 saturated heterocycles. The highest BCUT2D eigenvalue weighted by Gasteiger charge is 2.02. The van der Waals surface area contributed by atoms with E-state index in [2.05, 4.69) is 33.8 Å². The van der Waals surface area contributed by atoms with Crippen LogP contribution in [0.3, 0.4) is 0 Å². The fraction of sp³-hybridized carbons (Fsp3) is 0.800. The van der Waals surface area contributed by atoms with Gasteiger partial charge in [0.05, 0.1) is 0 Å². The first-order valence-electron chi connectivity index (χ1n) is 4.41. The average Bonchev–Trinajstić information content (AvgIpc) is 1.99. The predicted molar refractivity (Wildman–Crippen MR) is 48.1 cm³/mol. The first kappa shape index (κ1) is 9.74. The maximum Gasteiger partial charge on any atom is -0.0234 e. The summed E-state index contributed by atoms with van der Waals surface area (Å²) in [4.78, 5) is 0. The van der Waals surface area contributed by atoms with E-state index in [1.807, 2.05) is 0 Å². The highest BCUT2D eigenvalue weighted by Crippen LogP contribution is 2.18. The predicted octanol–water partition coefficient (Wildman–Crippen LogP) is 3.78. The molecule has 1 atom stereocenters. The maximum absolute atomic E-state index is 2.31. The Morgan fingerprint density at radius 1 is 1.40 bits per heavy atom. The molecule has 0 heteroatoms.